The zero-order valence-electron chi connectivity index (χ0n) is 12.3. The molecule has 2 fully saturated rings. The molecule has 4 heteroatoms. The molecular weight excluding hydrogens is 269 g/mol. The summed E-state index contributed by atoms with van der Waals surface area (Å²) in [5.74, 6) is 0.128. The topological polar surface area (TPSA) is 40.5 Å². The average Bonchev–Trinajstić information content (AvgIpc) is 3.01. The number of likely N-dealkylation sites (tertiary alicyclic amines) is 1. The maximum absolute atomic E-state index is 13.7. The minimum atomic E-state index is -0.442. The quantitative estimate of drug-likeness (QED) is 0.866. The molecule has 0 amide bonds. The molecule has 1 N–H and O–H groups in total. The van der Waals surface area contributed by atoms with Gasteiger partial charge in [0, 0.05) is 31.5 Å². The highest BCUT2D eigenvalue weighted by Gasteiger charge is 2.42. The van der Waals surface area contributed by atoms with Crippen LogP contribution < -0.4 is 0 Å². The van der Waals surface area contributed by atoms with Crippen molar-refractivity contribution in [3.63, 3.8) is 0 Å². The highest BCUT2D eigenvalue weighted by Crippen LogP contribution is 2.38. The van der Waals surface area contributed by atoms with Crippen molar-refractivity contribution in [2.75, 3.05) is 19.6 Å². The first-order valence-corrected chi connectivity index (χ1v) is 7.75. The van der Waals surface area contributed by atoms with E-state index in [1.807, 2.05) is 6.92 Å². The van der Waals surface area contributed by atoms with Gasteiger partial charge in [0.15, 0.2) is 5.78 Å². The molecule has 3 nitrogen and oxygen atoms in total. The van der Waals surface area contributed by atoms with Crippen LogP contribution in [0.3, 0.4) is 0 Å². The van der Waals surface area contributed by atoms with Crippen LogP contribution in [0, 0.1) is 23.6 Å². The van der Waals surface area contributed by atoms with Crippen LogP contribution >= 0.6 is 0 Å². The Labute approximate surface area is 124 Å². The zero-order chi connectivity index (χ0) is 15.0. The van der Waals surface area contributed by atoms with Crippen molar-refractivity contribution < 1.29 is 14.3 Å². The van der Waals surface area contributed by atoms with Crippen molar-refractivity contribution in [2.45, 2.75) is 25.9 Å². The molecule has 1 saturated carbocycles. The van der Waals surface area contributed by atoms with Crippen LogP contribution in [-0.4, -0.2) is 41.5 Å². The molecule has 0 spiro atoms. The number of carbonyl (C=O) groups excluding carboxylic acids is 1. The monoisotopic (exact) mass is 291 g/mol. The number of aliphatic hydroxyl groups is 1. The lowest BCUT2D eigenvalue weighted by atomic mass is 9.98. The number of nitrogens with zero attached hydrogens (tertiary/aromatic N) is 1. The van der Waals surface area contributed by atoms with Crippen molar-refractivity contribution in [1.29, 1.82) is 0 Å². The Kier molecular flexibility index (Phi) is 4.09. The Hall–Kier alpha value is -1.26. The molecule has 2 aliphatic rings. The van der Waals surface area contributed by atoms with Crippen molar-refractivity contribution in [3.05, 3.63) is 35.6 Å². The number of fused-ring (bicyclic) bond motifs is 1. The summed E-state index contributed by atoms with van der Waals surface area (Å²) >= 11 is 0. The number of carbonyl (C=O) groups is 1. The van der Waals surface area contributed by atoms with Gasteiger partial charge in [-0.05, 0) is 30.9 Å². The molecule has 0 bridgehead atoms. The van der Waals surface area contributed by atoms with Crippen LogP contribution in [0.1, 0.15) is 30.1 Å². The van der Waals surface area contributed by atoms with Gasteiger partial charge in [-0.2, -0.15) is 0 Å². The van der Waals surface area contributed by atoms with E-state index in [9.17, 15) is 14.3 Å². The van der Waals surface area contributed by atoms with Crippen LogP contribution in [0.4, 0.5) is 4.39 Å². The molecule has 3 rings (SSSR count). The second-order valence-corrected chi connectivity index (χ2v) is 6.53. The number of hydrogen-bond acceptors (Lipinski definition) is 3. The third-order valence-electron chi connectivity index (χ3n) is 5.01. The Morgan fingerprint density at radius 1 is 1.38 bits per heavy atom. The summed E-state index contributed by atoms with van der Waals surface area (Å²) in [4.78, 5) is 14.6. The van der Waals surface area contributed by atoms with E-state index in [-0.39, 0.29) is 23.4 Å². The van der Waals surface area contributed by atoms with Crippen LogP contribution in [0.5, 0.6) is 0 Å². The maximum Gasteiger partial charge on any atom is 0.169 e. The summed E-state index contributed by atoms with van der Waals surface area (Å²) < 4.78 is 13.7. The highest BCUT2D eigenvalue weighted by atomic mass is 19.1. The SMILES string of the molecule is CC(CN1CC2CCC(O)C2C1)C(=O)c1ccccc1F. The summed E-state index contributed by atoms with van der Waals surface area (Å²) in [6.07, 6.45) is 1.81. The fourth-order valence-electron chi connectivity index (χ4n) is 3.87. The second kappa shape index (κ2) is 5.85. The molecule has 1 aromatic carbocycles. The van der Waals surface area contributed by atoms with E-state index in [0.717, 1.165) is 25.9 Å². The first kappa shape index (κ1) is 14.7. The summed E-state index contributed by atoms with van der Waals surface area (Å²) in [5.41, 5.74) is 0.185. The van der Waals surface area contributed by atoms with Crippen LogP contribution in [0.15, 0.2) is 24.3 Å². The first-order chi connectivity index (χ1) is 10.1. The maximum atomic E-state index is 13.7. The van der Waals surface area contributed by atoms with E-state index in [0.29, 0.717) is 18.4 Å². The third-order valence-corrected chi connectivity index (χ3v) is 5.01. The molecule has 0 radical (unpaired) electrons. The number of benzene rings is 1. The number of hydrogen-bond donors (Lipinski definition) is 1. The number of ketones is 1. The van der Waals surface area contributed by atoms with E-state index in [2.05, 4.69) is 4.90 Å². The molecule has 4 atom stereocenters. The molecule has 0 aromatic heterocycles. The number of aliphatic hydroxyl groups excluding tert-OH is 1. The van der Waals surface area contributed by atoms with E-state index in [1.54, 1.807) is 18.2 Å². The number of halogens is 1. The smallest absolute Gasteiger partial charge is 0.169 e. The van der Waals surface area contributed by atoms with Gasteiger partial charge in [0.05, 0.1) is 11.7 Å². The van der Waals surface area contributed by atoms with Crippen LogP contribution in [-0.2, 0) is 0 Å². The van der Waals surface area contributed by atoms with Gasteiger partial charge >= 0.3 is 0 Å². The van der Waals surface area contributed by atoms with Crippen molar-refractivity contribution in [1.82, 2.24) is 4.90 Å². The summed E-state index contributed by atoms with van der Waals surface area (Å²) in [7, 11) is 0. The first-order valence-electron chi connectivity index (χ1n) is 7.75. The van der Waals surface area contributed by atoms with Gasteiger partial charge in [0.2, 0.25) is 0 Å². The van der Waals surface area contributed by atoms with Crippen LogP contribution in [0.25, 0.3) is 0 Å². The minimum absolute atomic E-state index is 0.134. The third kappa shape index (κ3) is 2.87. The van der Waals surface area contributed by atoms with Gasteiger partial charge in [-0.3, -0.25) is 4.79 Å². The Balaban J connectivity index is 1.61. The second-order valence-electron chi connectivity index (χ2n) is 6.53. The molecule has 1 aromatic rings. The van der Waals surface area contributed by atoms with Crippen molar-refractivity contribution in [3.8, 4) is 0 Å². The molecule has 114 valence electrons. The van der Waals surface area contributed by atoms with E-state index >= 15 is 0 Å². The van der Waals surface area contributed by atoms with Gasteiger partial charge in [-0.1, -0.05) is 19.1 Å². The van der Waals surface area contributed by atoms with E-state index in [1.165, 1.54) is 6.07 Å². The van der Waals surface area contributed by atoms with Gasteiger partial charge < -0.3 is 10.0 Å². The fourth-order valence-corrected chi connectivity index (χ4v) is 3.87. The van der Waals surface area contributed by atoms with Gasteiger partial charge in [0.25, 0.3) is 0 Å². The predicted molar refractivity (Wildman–Crippen MR) is 78.6 cm³/mol. The largest absolute Gasteiger partial charge is 0.393 e. The lowest BCUT2D eigenvalue weighted by molar-refractivity contribution is 0.0886. The molecule has 1 aliphatic heterocycles. The molecule has 21 heavy (non-hydrogen) atoms. The summed E-state index contributed by atoms with van der Waals surface area (Å²) in [6.45, 7) is 4.32. The average molecular weight is 291 g/mol. The summed E-state index contributed by atoms with van der Waals surface area (Å²) in [5, 5.41) is 9.93. The highest BCUT2D eigenvalue weighted by molar-refractivity contribution is 5.98. The molecule has 1 aliphatic carbocycles. The normalized spacial score (nSPS) is 30.3. The minimum Gasteiger partial charge on any atom is -0.393 e. The predicted octanol–water partition coefficient (Wildman–Crippen LogP) is 2.35. The molecule has 1 saturated heterocycles. The van der Waals surface area contributed by atoms with Gasteiger partial charge in [0.1, 0.15) is 5.82 Å². The Morgan fingerprint density at radius 2 is 2.14 bits per heavy atom. The van der Waals surface area contributed by atoms with Crippen LogP contribution in [0.2, 0.25) is 0 Å². The number of Topliss-reactive ketones (excluding diaryl/α,β-unsaturated/α-hetero) is 1. The van der Waals surface area contributed by atoms with E-state index < -0.39 is 5.82 Å². The van der Waals surface area contributed by atoms with Crippen molar-refractivity contribution >= 4 is 5.78 Å². The summed E-state index contributed by atoms with van der Waals surface area (Å²) in [6, 6.07) is 6.17. The molecule has 1 heterocycles. The fraction of sp³-hybridized carbons (Fsp3) is 0.588. The molecule has 4 unspecified atom stereocenters. The standard InChI is InChI=1S/C17H22FNO2/c1-11(17(21)13-4-2-3-5-15(13)18)8-19-9-12-6-7-16(20)14(12)10-19/h2-5,11-12,14,16,20H,6-10H2,1H3. The van der Waals surface area contributed by atoms with Gasteiger partial charge in [-0.15, -0.1) is 0 Å². The van der Waals surface area contributed by atoms with Gasteiger partial charge in [-0.25, -0.2) is 4.39 Å². The number of rotatable bonds is 4. The lowest BCUT2D eigenvalue weighted by Crippen LogP contribution is -2.32. The van der Waals surface area contributed by atoms with E-state index in [4.69, 9.17) is 0 Å². The Morgan fingerprint density at radius 3 is 2.86 bits per heavy atom. The van der Waals surface area contributed by atoms with Crippen molar-refractivity contribution in [2.24, 2.45) is 17.8 Å². The lowest BCUT2D eigenvalue weighted by Gasteiger charge is -2.21. The zero-order valence-corrected chi connectivity index (χ0v) is 12.3. The molecular formula is C17H22FNO2. The Bertz CT molecular complexity index is 533.